The SMILES string of the molecule is CCOCCCCCc1cn(CCCCCC(=O)NC(C)C)nn1. The number of nitrogens with zero attached hydrogens (tertiary/aromatic N) is 3. The van der Waals surface area contributed by atoms with E-state index in [1.54, 1.807) is 0 Å². The zero-order valence-electron chi connectivity index (χ0n) is 15.6. The summed E-state index contributed by atoms with van der Waals surface area (Å²) in [5.74, 6) is 0.150. The van der Waals surface area contributed by atoms with Crippen molar-refractivity contribution in [3.8, 4) is 0 Å². The molecule has 1 amide bonds. The Labute approximate surface area is 146 Å². The first-order valence-electron chi connectivity index (χ1n) is 9.38. The second-order valence-electron chi connectivity index (χ2n) is 6.51. The molecule has 0 aliphatic heterocycles. The Morgan fingerprint density at radius 2 is 2.00 bits per heavy atom. The van der Waals surface area contributed by atoms with Crippen molar-refractivity contribution in [1.82, 2.24) is 20.3 Å². The molecule has 0 unspecified atom stereocenters. The van der Waals surface area contributed by atoms with Crippen molar-refractivity contribution in [3.63, 3.8) is 0 Å². The maximum Gasteiger partial charge on any atom is 0.220 e. The fourth-order valence-corrected chi connectivity index (χ4v) is 2.52. The summed E-state index contributed by atoms with van der Waals surface area (Å²) >= 11 is 0. The Morgan fingerprint density at radius 1 is 1.21 bits per heavy atom. The number of carbonyl (C=O) groups excluding carboxylic acids is 1. The lowest BCUT2D eigenvalue weighted by molar-refractivity contribution is -0.121. The molecule has 0 aliphatic rings. The summed E-state index contributed by atoms with van der Waals surface area (Å²) in [4.78, 5) is 11.5. The second-order valence-corrected chi connectivity index (χ2v) is 6.51. The zero-order valence-corrected chi connectivity index (χ0v) is 15.6. The van der Waals surface area contributed by atoms with Gasteiger partial charge in [-0.1, -0.05) is 18.1 Å². The van der Waals surface area contributed by atoms with Crippen LogP contribution < -0.4 is 5.32 Å². The number of aromatic nitrogens is 3. The molecule has 0 bridgehead atoms. The van der Waals surface area contributed by atoms with Gasteiger partial charge >= 0.3 is 0 Å². The lowest BCUT2D eigenvalue weighted by Gasteiger charge is -2.07. The Hall–Kier alpha value is -1.43. The van der Waals surface area contributed by atoms with Gasteiger partial charge in [0, 0.05) is 38.4 Å². The van der Waals surface area contributed by atoms with Gasteiger partial charge < -0.3 is 10.1 Å². The molecule has 0 radical (unpaired) electrons. The molecule has 24 heavy (non-hydrogen) atoms. The third-order valence-corrected chi connectivity index (χ3v) is 3.75. The summed E-state index contributed by atoms with van der Waals surface area (Å²) in [6, 6.07) is 0.227. The van der Waals surface area contributed by atoms with Crippen molar-refractivity contribution in [2.24, 2.45) is 0 Å². The van der Waals surface area contributed by atoms with Gasteiger partial charge in [0.05, 0.1) is 5.69 Å². The molecule has 1 aromatic rings. The second kappa shape index (κ2) is 12.9. The van der Waals surface area contributed by atoms with Gasteiger partial charge in [-0.05, 0) is 52.9 Å². The highest BCUT2D eigenvalue weighted by molar-refractivity contribution is 5.76. The van der Waals surface area contributed by atoms with Gasteiger partial charge in [-0.25, -0.2) is 0 Å². The average molecular weight is 338 g/mol. The van der Waals surface area contributed by atoms with E-state index in [0.29, 0.717) is 6.42 Å². The lowest BCUT2D eigenvalue weighted by atomic mass is 10.1. The minimum absolute atomic E-state index is 0.150. The average Bonchev–Trinajstić information content (AvgIpc) is 2.97. The molecule has 1 rings (SSSR count). The van der Waals surface area contributed by atoms with E-state index in [4.69, 9.17) is 4.74 Å². The van der Waals surface area contributed by atoms with Crippen molar-refractivity contribution in [1.29, 1.82) is 0 Å². The predicted octanol–water partition coefficient (Wildman–Crippen LogP) is 3.11. The Balaban J connectivity index is 2.04. The number of rotatable bonds is 14. The molecule has 0 fully saturated rings. The van der Waals surface area contributed by atoms with Gasteiger partial charge in [0.25, 0.3) is 0 Å². The smallest absolute Gasteiger partial charge is 0.220 e. The highest BCUT2D eigenvalue weighted by Crippen LogP contribution is 2.06. The molecule has 0 saturated heterocycles. The summed E-state index contributed by atoms with van der Waals surface area (Å²) in [5.41, 5.74) is 1.07. The van der Waals surface area contributed by atoms with E-state index in [1.807, 2.05) is 31.6 Å². The van der Waals surface area contributed by atoms with Crippen LogP contribution in [-0.2, 0) is 22.5 Å². The predicted molar refractivity (Wildman–Crippen MR) is 95.8 cm³/mol. The van der Waals surface area contributed by atoms with Crippen LogP contribution >= 0.6 is 0 Å². The molecule has 1 N–H and O–H groups in total. The molecule has 0 atom stereocenters. The molecule has 0 aromatic carbocycles. The number of hydrogen-bond acceptors (Lipinski definition) is 4. The van der Waals surface area contributed by atoms with Gasteiger partial charge in [-0.3, -0.25) is 9.48 Å². The third-order valence-electron chi connectivity index (χ3n) is 3.75. The minimum Gasteiger partial charge on any atom is -0.382 e. The van der Waals surface area contributed by atoms with Gasteiger partial charge in [-0.15, -0.1) is 5.10 Å². The maximum atomic E-state index is 11.5. The monoisotopic (exact) mass is 338 g/mol. The van der Waals surface area contributed by atoms with E-state index in [-0.39, 0.29) is 11.9 Å². The van der Waals surface area contributed by atoms with Crippen molar-refractivity contribution in [2.75, 3.05) is 13.2 Å². The third kappa shape index (κ3) is 10.4. The van der Waals surface area contributed by atoms with E-state index in [2.05, 4.69) is 15.6 Å². The number of hydrogen-bond donors (Lipinski definition) is 1. The van der Waals surface area contributed by atoms with E-state index in [0.717, 1.165) is 64.0 Å². The van der Waals surface area contributed by atoms with Crippen LogP contribution in [0, 0.1) is 0 Å². The first-order chi connectivity index (χ1) is 11.6. The largest absolute Gasteiger partial charge is 0.382 e. The normalized spacial score (nSPS) is 11.2. The van der Waals surface area contributed by atoms with Gasteiger partial charge in [0.15, 0.2) is 0 Å². The van der Waals surface area contributed by atoms with E-state index >= 15 is 0 Å². The first kappa shape index (κ1) is 20.6. The summed E-state index contributed by atoms with van der Waals surface area (Å²) in [5, 5.41) is 11.3. The zero-order chi connectivity index (χ0) is 17.6. The van der Waals surface area contributed by atoms with Crippen molar-refractivity contribution in [3.05, 3.63) is 11.9 Å². The van der Waals surface area contributed by atoms with E-state index in [9.17, 15) is 4.79 Å². The van der Waals surface area contributed by atoms with Crippen LogP contribution in [0.3, 0.4) is 0 Å². The van der Waals surface area contributed by atoms with Crippen LogP contribution in [0.2, 0.25) is 0 Å². The van der Waals surface area contributed by atoms with Gasteiger partial charge in [0.1, 0.15) is 0 Å². The molecular formula is C18H34N4O2. The molecule has 6 heteroatoms. The minimum atomic E-state index is 0.150. The van der Waals surface area contributed by atoms with Crippen LogP contribution in [0.1, 0.15) is 71.4 Å². The molecule has 1 aromatic heterocycles. The molecule has 1 heterocycles. The Bertz CT molecular complexity index is 446. The molecule has 6 nitrogen and oxygen atoms in total. The van der Waals surface area contributed by atoms with Crippen molar-refractivity contribution in [2.45, 2.75) is 84.7 Å². The topological polar surface area (TPSA) is 69.0 Å². The fraction of sp³-hybridized carbons (Fsp3) is 0.833. The number of amides is 1. The molecule has 0 spiro atoms. The van der Waals surface area contributed by atoms with Gasteiger partial charge in [0.2, 0.25) is 5.91 Å². The van der Waals surface area contributed by atoms with E-state index < -0.39 is 0 Å². The first-order valence-corrected chi connectivity index (χ1v) is 9.38. The molecular weight excluding hydrogens is 304 g/mol. The standard InChI is InChI=1S/C18H34N4O2/c1-4-24-14-10-6-7-11-17-15-22(21-20-17)13-9-5-8-12-18(23)19-16(2)3/h15-16H,4-14H2,1-3H3,(H,19,23). The summed E-state index contributed by atoms with van der Waals surface area (Å²) in [7, 11) is 0. The van der Waals surface area contributed by atoms with E-state index in [1.165, 1.54) is 6.42 Å². The Morgan fingerprint density at radius 3 is 2.75 bits per heavy atom. The molecule has 0 aliphatic carbocycles. The fourth-order valence-electron chi connectivity index (χ4n) is 2.52. The number of carbonyl (C=O) groups is 1. The van der Waals surface area contributed by atoms with Crippen LogP contribution in [0.4, 0.5) is 0 Å². The number of aryl methyl sites for hydroxylation is 2. The highest BCUT2D eigenvalue weighted by atomic mass is 16.5. The van der Waals surface area contributed by atoms with Gasteiger partial charge in [-0.2, -0.15) is 0 Å². The number of nitrogens with one attached hydrogen (secondary N) is 1. The summed E-state index contributed by atoms with van der Waals surface area (Å²) in [6.45, 7) is 8.54. The maximum absolute atomic E-state index is 11.5. The Kier molecular flexibility index (Phi) is 11.1. The quantitative estimate of drug-likeness (QED) is 0.529. The summed E-state index contributed by atoms with van der Waals surface area (Å²) in [6.07, 6.45) is 10.1. The van der Waals surface area contributed by atoms with Crippen molar-refractivity contribution < 1.29 is 9.53 Å². The number of ether oxygens (including phenoxy) is 1. The number of unbranched alkanes of at least 4 members (excludes halogenated alkanes) is 4. The molecule has 138 valence electrons. The lowest BCUT2D eigenvalue weighted by Crippen LogP contribution is -2.29. The van der Waals surface area contributed by atoms with Crippen LogP contribution in [-0.4, -0.2) is 40.2 Å². The van der Waals surface area contributed by atoms with Crippen LogP contribution in [0.15, 0.2) is 6.20 Å². The van der Waals surface area contributed by atoms with Crippen LogP contribution in [0.5, 0.6) is 0 Å². The van der Waals surface area contributed by atoms with Crippen molar-refractivity contribution >= 4 is 5.91 Å². The highest BCUT2D eigenvalue weighted by Gasteiger charge is 2.04. The molecule has 0 saturated carbocycles. The van der Waals surface area contributed by atoms with Crippen LogP contribution in [0.25, 0.3) is 0 Å². The summed E-state index contributed by atoms with van der Waals surface area (Å²) < 4.78 is 7.25.